The smallest absolute Gasteiger partial charge is 0.206 e. The fraction of sp³-hybridized carbons (Fsp3) is 0.636. The molecule has 0 amide bonds. The molecule has 102 valence electrons. The zero-order valence-corrected chi connectivity index (χ0v) is 14.2. The molecule has 1 saturated heterocycles. The number of thiophene rings is 1. The summed E-state index contributed by atoms with van der Waals surface area (Å²) in [5, 5.41) is 0.455. The average Bonchev–Trinajstić information content (AvgIpc) is 2.58. The molecule has 1 aromatic rings. The van der Waals surface area contributed by atoms with Gasteiger partial charge in [0.1, 0.15) is 4.21 Å². The molecule has 0 bridgehead atoms. The van der Waals surface area contributed by atoms with Crippen molar-refractivity contribution in [3.63, 3.8) is 0 Å². The topological polar surface area (TPSA) is 37.4 Å². The molecule has 3 nitrogen and oxygen atoms in total. The second kappa shape index (κ2) is 5.40. The first-order valence-electron chi connectivity index (χ1n) is 5.75. The number of hydrogen-bond acceptors (Lipinski definition) is 3. The van der Waals surface area contributed by atoms with E-state index in [9.17, 15) is 8.42 Å². The van der Waals surface area contributed by atoms with Crippen molar-refractivity contribution < 1.29 is 8.42 Å². The van der Waals surface area contributed by atoms with E-state index in [0.717, 1.165) is 6.42 Å². The van der Waals surface area contributed by atoms with Crippen LogP contribution in [0.3, 0.4) is 0 Å². The van der Waals surface area contributed by atoms with Gasteiger partial charge in [-0.2, -0.15) is 4.31 Å². The molecule has 18 heavy (non-hydrogen) atoms. The summed E-state index contributed by atoms with van der Waals surface area (Å²) in [4.78, 5) is 0. The molecule has 2 unspecified atom stereocenters. The van der Waals surface area contributed by atoms with Gasteiger partial charge in [-0.1, -0.05) is 25.4 Å². The molecule has 1 aliphatic heterocycles. The van der Waals surface area contributed by atoms with E-state index < -0.39 is 10.0 Å². The maximum atomic E-state index is 12.5. The van der Waals surface area contributed by atoms with Crippen molar-refractivity contribution in [1.82, 2.24) is 4.31 Å². The number of hydrogen-bond donors (Lipinski definition) is 0. The highest BCUT2D eigenvalue weighted by Crippen LogP contribution is 2.37. The minimum Gasteiger partial charge on any atom is -0.206 e. The lowest BCUT2D eigenvalue weighted by Gasteiger charge is -2.33. The van der Waals surface area contributed by atoms with E-state index in [4.69, 9.17) is 11.6 Å². The zero-order chi connectivity index (χ0) is 13.5. The standard InChI is InChI=1S/C11H15BrClNO2S2/c1-7-3-8(2)6-14(5-7)18(15,16)10-4-9(13)11(12)17-10/h4,7-8H,3,5-6H2,1-2H3. The first-order chi connectivity index (χ1) is 8.30. The summed E-state index contributed by atoms with van der Waals surface area (Å²) in [5.74, 6) is 0.810. The second-order valence-electron chi connectivity index (χ2n) is 4.96. The van der Waals surface area contributed by atoms with Gasteiger partial charge in [-0.15, -0.1) is 11.3 Å². The van der Waals surface area contributed by atoms with Crippen LogP contribution in [0, 0.1) is 11.8 Å². The van der Waals surface area contributed by atoms with Crippen molar-refractivity contribution in [3.05, 3.63) is 14.9 Å². The summed E-state index contributed by atoms with van der Waals surface area (Å²) < 4.78 is 27.6. The Hall–Kier alpha value is 0.380. The Morgan fingerprint density at radius 3 is 2.39 bits per heavy atom. The molecule has 0 spiro atoms. The number of rotatable bonds is 2. The number of halogens is 2. The molecule has 0 radical (unpaired) electrons. The highest BCUT2D eigenvalue weighted by Gasteiger charge is 2.33. The lowest BCUT2D eigenvalue weighted by Crippen LogP contribution is -2.42. The summed E-state index contributed by atoms with van der Waals surface area (Å²) >= 11 is 10.3. The third-order valence-electron chi connectivity index (χ3n) is 3.05. The number of sulfonamides is 1. The molecule has 2 rings (SSSR count). The van der Waals surface area contributed by atoms with Gasteiger partial charge in [0.15, 0.2) is 0 Å². The lowest BCUT2D eigenvalue weighted by atomic mass is 9.94. The minimum absolute atomic E-state index is 0.320. The first kappa shape index (κ1) is 14.8. The summed E-state index contributed by atoms with van der Waals surface area (Å²) in [7, 11) is -3.39. The Balaban J connectivity index is 2.30. The molecule has 0 aromatic carbocycles. The van der Waals surface area contributed by atoms with Gasteiger partial charge < -0.3 is 0 Å². The van der Waals surface area contributed by atoms with Crippen LogP contribution in [0.4, 0.5) is 0 Å². The molecule has 1 aliphatic rings. The van der Waals surface area contributed by atoms with Crippen molar-refractivity contribution in [3.8, 4) is 0 Å². The van der Waals surface area contributed by atoms with Crippen LogP contribution in [0.1, 0.15) is 20.3 Å². The van der Waals surface area contributed by atoms with Crippen LogP contribution in [0.2, 0.25) is 5.02 Å². The Morgan fingerprint density at radius 1 is 1.39 bits per heavy atom. The van der Waals surface area contributed by atoms with Gasteiger partial charge in [-0.05, 0) is 40.3 Å². The fourth-order valence-corrected chi connectivity index (χ4v) is 6.62. The Labute approximate surface area is 125 Å². The van der Waals surface area contributed by atoms with Crippen LogP contribution in [-0.4, -0.2) is 25.8 Å². The third kappa shape index (κ3) is 2.93. The van der Waals surface area contributed by atoms with E-state index in [2.05, 4.69) is 29.8 Å². The Bertz CT molecular complexity index is 514. The SMILES string of the molecule is CC1CC(C)CN(S(=O)(=O)c2cc(Cl)c(Br)s2)C1. The van der Waals surface area contributed by atoms with Gasteiger partial charge in [-0.25, -0.2) is 8.42 Å². The third-order valence-corrected chi connectivity index (χ3v) is 7.81. The van der Waals surface area contributed by atoms with Crippen molar-refractivity contribution in [2.24, 2.45) is 11.8 Å². The van der Waals surface area contributed by atoms with Gasteiger partial charge in [0.25, 0.3) is 10.0 Å². The summed E-state index contributed by atoms with van der Waals surface area (Å²) in [5.41, 5.74) is 0. The molecular weight excluding hydrogens is 358 g/mol. The molecule has 7 heteroatoms. The largest absolute Gasteiger partial charge is 0.252 e. The van der Waals surface area contributed by atoms with E-state index in [1.165, 1.54) is 17.4 Å². The normalized spacial score (nSPS) is 26.4. The van der Waals surface area contributed by atoms with Crippen LogP contribution < -0.4 is 0 Å². The van der Waals surface area contributed by atoms with Crippen LogP contribution >= 0.6 is 38.9 Å². The van der Waals surface area contributed by atoms with E-state index in [1.807, 2.05) is 0 Å². The Kier molecular flexibility index (Phi) is 4.44. The second-order valence-corrected chi connectivity index (χ2v) is 9.90. The highest BCUT2D eigenvalue weighted by molar-refractivity contribution is 9.11. The average molecular weight is 373 g/mol. The highest BCUT2D eigenvalue weighted by atomic mass is 79.9. The van der Waals surface area contributed by atoms with Gasteiger partial charge >= 0.3 is 0 Å². The first-order valence-corrected chi connectivity index (χ1v) is 9.18. The molecule has 2 heterocycles. The molecule has 2 atom stereocenters. The van der Waals surface area contributed by atoms with E-state index in [-0.39, 0.29) is 0 Å². The summed E-state index contributed by atoms with van der Waals surface area (Å²) in [6, 6.07) is 1.52. The van der Waals surface area contributed by atoms with Crippen molar-refractivity contribution in [2.45, 2.75) is 24.5 Å². The maximum absolute atomic E-state index is 12.5. The van der Waals surface area contributed by atoms with E-state index in [1.54, 1.807) is 4.31 Å². The number of piperidine rings is 1. The molecule has 0 saturated carbocycles. The molecule has 0 N–H and O–H groups in total. The zero-order valence-electron chi connectivity index (χ0n) is 10.2. The minimum atomic E-state index is -3.39. The van der Waals surface area contributed by atoms with E-state index in [0.29, 0.717) is 37.9 Å². The predicted molar refractivity (Wildman–Crippen MR) is 78.7 cm³/mol. The van der Waals surface area contributed by atoms with Gasteiger partial charge in [0.2, 0.25) is 0 Å². The maximum Gasteiger partial charge on any atom is 0.252 e. The molecule has 0 aliphatic carbocycles. The molecular formula is C11H15BrClNO2S2. The van der Waals surface area contributed by atoms with Crippen molar-refractivity contribution >= 4 is 48.9 Å². The van der Waals surface area contributed by atoms with E-state index >= 15 is 0 Å². The van der Waals surface area contributed by atoms with Crippen molar-refractivity contribution in [1.29, 1.82) is 0 Å². The van der Waals surface area contributed by atoms with Gasteiger partial charge in [0, 0.05) is 13.1 Å². The molecule has 1 aromatic heterocycles. The predicted octanol–water partition coefficient (Wildman–Crippen LogP) is 3.83. The van der Waals surface area contributed by atoms with Gasteiger partial charge in [0.05, 0.1) is 8.81 Å². The fourth-order valence-electron chi connectivity index (χ4n) is 2.38. The summed E-state index contributed by atoms with van der Waals surface area (Å²) in [6.07, 6.45) is 1.08. The van der Waals surface area contributed by atoms with Crippen molar-refractivity contribution in [2.75, 3.05) is 13.1 Å². The quantitative estimate of drug-likeness (QED) is 0.791. The lowest BCUT2D eigenvalue weighted by molar-refractivity contribution is 0.223. The number of nitrogens with zero attached hydrogens (tertiary/aromatic N) is 1. The summed E-state index contributed by atoms with van der Waals surface area (Å²) in [6.45, 7) is 5.38. The monoisotopic (exact) mass is 371 g/mol. The van der Waals surface area contributed by atoms with Crippen LogP contribution in [-0.2, 0) is 10.0 Å². The van der Waals surface area contributed by atoms with Gasteiger partial charge in [-0.3, -0.25) is 0 Å². The molecule has 1 fully saturated rings. The van der Waals surface area contributed by atoms with Crippen LogP contribution in [0.15, 0.2) is 14.1 Å². The van der Waals surface area contributed by atoms with Crippen LogP contribution in [0.5, 0.6) is 0 Å². The Morgan fingerprint density at radius 2 is 1.94 bits per heavy atom. The van der Waals surface area contributed by atoms with Crippen LogP contribution in [0.25, 0.3) is 0 Å².